The Morgan fingerprint density at radius 1 is 1.35 bits per heavy atom. The number of nitrogens with zero attached hydrogens (tertiary/aromatic N) is 2. The minimum absolute atomic E-state index is 0.0273. The molecule has 1 aromatic carbocycles. The predicted molar refractivity (Wildman–Crippen MR) is 67.0 cm³/mol. The lowest BCUT2D eigenvalue weighted by molar-refractivity contribution is 0.393. The maximum Gasteiger partial charge on any atom is 0.124 e. The van der Waals surface area contributed by atoms with Crippen molar-refractivity contribution in [1.29, 1.82) is 0 Å². The van der Waals surface area contributed by atoms with E-state index < -0.39 is 0 Å². The van der Waals surface area contributed by atoms with Gasteiger partial charge in [0.05, 0.1) is 19.5 Å². The number of benzene rings is 1. The van der Waals surface area contributed by atoms with Crippen LogP contribution >= 0.6 is 0 Å². The quantitative estimate of drug-likeness (QED) is 0.873. The van der Waals surface area contributed by atoms with E-state index in [1.165, 1.54) is 0 Å². The van der Waals surface area contributed by atoms with Gasteiger partial charge in [-0.15, -0.1) is 0 Å². The van der Waals surface area contributed by atoms with E-state index in [1.807, 2.05) is 42.0 Å². The number of hydrogen-bond donors (Lipinski definition) is 1. The molecular formula is C13H17N3O. The first-order chi connectivity index (χ1) is 8.24. The van der Waals surface area contributed by atoms with Gasteiger partial charge < -0.3 is 15.0 Å². The number of ether oxygens (including phenoxy) is 1. The van der Waals surface area contributed by atoms with Crippen LogP contribution in [0.4, 0.5) is 0 Å². The Bertz CT molecular complexity index is 465. The van der Waals surface area contributed by atoms with E-state index in [4.69, 9.17) is 10.5 Å². The predicted octanol–water partition coefficient (Wildman–Crippen LogP) is 1.83. The van der Waals surface area contributed by atoms with Gasteiger partial charge in [0.15, 0.2) is 0 Å². The molecule has 0 amide bonds. The molecule has 2 atom stereocenters. The Hall–Kier alpha value is -1.81. The molecule has 17 heavy (non-hydrogen) atoms. The minimum Gasteiger partial charge on any atom is -0.496 e. The first kappa shape index (κ1) is 11.7. The number of aromatic nitrogens is 2. The van der Waals surface area contributed by atoms with E-state index in [2.05, 4.69) is 4.98 Å². The second-order valence-corrected chi connectivity index (χ2v) is 4.06. The SMILES string of the molecule is COc1ccccc1C(C(C)N)n1ccnc1. The van der Waals surface area contributed by atoms with Gasteiger partial charge in [0.2, 0.25) is 0 Å². The third kappa shape index (κ3) is 2.31. The van der Waals surface area contributed by atoms with Crippen molar-refractivity contribution in [2.75, 3.05) is 7.11 Å². The Morgan fingerprint density at radius 3 is 2.71 bits per heavy atom. The molecule has 0 spiro atoms. The lowest BCUT2D eigenvalue weighted by Crippen LogP contribution is -2.29. The molecule has 1 heterocycles. The molecule has 1 aromatic heterocycles. The number of para-hydroxylation sites is 1. The average molecular weight is 231 g/mol. The van der Waals surface area contributed by atoms with Crippen LogP contribution in [0.1, 0.15) is 18.5 Å². The second kappa shape index (κ2) is 5.01. The Morgan fingerprint density at radius 2 is 2.12 bits per heavy atom. The van der Waals surface area contributed by atoms with E-state index in [0.29, 0.717) is 0 Å². The molecule has 4 heteroatoms. The fraction of sp³-hybridized carbons (Fsp3) is 0.308. The molecule has 90 valence electrons. The van der Waals surface area contributed by atoms with Crippen LogP contribution in [0.15, 0.2) is 43.0 Å². The number of hydrogen-bond acceptors (Lipinski definition) is 3. The summed E-state index contributed by atoms with van der Waals surface area (Å²) in [5, 5.41) is 0. The van der Waals surface area contributed by atoms with Crippen molar-refractivity contribution in [2.45, 2.75) is 19.0 Å². The molecule has 0 aliphatic carbocycles. The molecule has 0 saturated heterocycles. The zero-order valence-corrected chi connectivity index (χ0v) is 10.1. The summed E-state index contributed by atoms with van der Waals surface area (Å²) < 4.78 is 7.39. The molecule has 0 aliphatic heterocycles. The normalized spacial score (nSPS) is 14.3. The third-order valence-electron chi connectivity index (χ3n) is 2.80. The van der Waals surface area contributed by atoms with Crippen molar-refractivity contribution >= 4 is 0 Å². The number of methoxy groups -OCH3 is 1. The fourth-order valence-electron chi connectivity index (χ4n) is 2.06. The molecule has 4 nitrogen and oxygen atoms in total. The van der Waals surface area contributed by atoms with Gasteiger partial charge in [-0.3, -0.25) is 0 Å². The van der Waals surface area contributed by atoms with Crippen molar-refractivity contribution in [3.05, 3.63) is 48.5 Å². The van der Waals surface area contributed by atoms with Crippen LogP contribution in [0.25, 0.3) is 0 Å². The second-order valence-electron chi connectivity index (χ2n) is 4.06. The Kier molecular flexibility index (Phi) is 3.44. The highest BCUT2D eigenvalue weighted by molar-refractivity contribution is 5.37. The third-order valence-corrected chi connectivity index (χ3v) is 2.80. The summed E-state index contributed by atoms with van der Waals surface area (Å²) in [5.41, 5.74) is 7.15. The zero-order valence-electron chi connectivity index (χ0n) is 10.1. The van der Waals surface area contributed by atoms with E-state index in [9.17, 15) is 0 Å². The minimum atomic E-state index is -0.0273. The smallest absolute Gasteiger partial charge is 0.124 e. The maximum absolute atomic E-state index is 6.08. The van der Waals surface area contributed by atoms with Crippen LogP contribution in [0.5, 0.6) is 5.75 Å². The van der Waals surface area contributed by atoms with Gasteiger partial charge in [0.25, 0.3) is 0 Å². The van der Waals surface area contributed by atoms with Crippen LogP contribution in [-0.4, -0.2) is 22.7 Å². The van der Waals surface area contributed by atoms with Crippen molar-refractivity contribution in [2.24, 2.45) is 5.73 Å². The summed E-state index contributed by atoms with van der Waals surface area (Å²) in [5.74, 6) is 0.850. The summed E-state index contributed by atoms with van der Waals surface area (Å²) in [6.45, 7) is 1.98. The monoisotopic (exact) mass is 231 g/mol. The highest BCUT2D eigenvalue weighted by Crippen LogP contribution is 2.29. The molecule has 2 aromatic rings. The molecule has 0 aliphatic rings. The Balaban J connectivity index is 2.46. The van der Waals surface area contributed by atoms with Crippen molar-refractivity contribution in [3.63, 3.8) is 0 Å². The summed E-state index contributed by atoms with van der Waals surface area (Å²) in [6, 6.07) is 7.93. The molecule has 0 radical (unpaired) electrons. The molecule has 2 rings (SSSR count). The molecule has 0 fully saturated rings. The zero-order chi connectivity index (χ0) is 12.3. The summed E-state index contributed by atoms with van der Waals surface area (Å²) in [7, 11) is 1.67. The van der Waals surface area contributed by atoms with Gasteiger partial charge in [-0.1, -0.05) is 18.2 Å². The topological polar surface area (TPSA) is 53.1 Å². The molecule has 0 bridgehead atoms. The highest BCUT2D eigenvalue weighted by Gasteiger charge is 2.20. The fourth-order valence-corrected chi connectivity index (χ4v) is 2.06. The lowest BCUT2D eigenvalue weighted by Gasteiger charge is -2.24. The summed E-state index contributed by atoms with van der Waals surface area (Å²) >= 11 is 0. The van der Waals surface area contributed by atoms with Crippen molar-refractivity contribution < 1.29 is 4.74 Å². The highest BCUT2D eigenvalue weighted by atomic mass is 16.5. The van der Waals surface area contributed by atoms with Gasteiger partial charge in [0.1, 0.15) is 5.75 Å². The van der Waals surface area contributed by atoms with Gasteiger partial charge in [0, 0.05) is 24.0 Å². The maximum atomic E-state index is 6.08. The molecule has 2 N–H and O–H groups in total. The van der Waals surface area contributed by atoms with E-state index >= 15 is 0 Å². The number of rotatable bonds is 4. The van der Waals surface area contributed by atoms with Gasteiger partial charge in [-0.25, -0.2) is 4.98 Å². The van der Waals surface area contributed by atoms with Crippen molar-refractivity contribution in [3.8, 4) is 5.75 Å². The van der Waals surface area contributed by atoms with Gasteiger partial charge >= 0.3 is 0 Å². The Labute approximate surface area is 101 Å². The first-order valence-corrected chi connectivity index (χ1v) is 5.60. The lowest BCUT2D eigenvalue weighted by atomic mass is 10.00. The van der Waals surface area contributed by atoms with Crippen molar-refractivity contribution in [1.82, 2.24) is 9.55 Å². The number of nitrogens with two attached hydrogens (primary N) is 1. The van der Waals surface area contributed by atoms with E-state index in [1.54, 1.807) is 19.6 Å². The van der Waals surface area contributed by atoms with Gasteiger partial charge in [-0.2, -0.15) is 0 Å². The van der Waals surface area contributed by atoms with Gasteiger partial charge in [-0.05, 0) is 13.0 Å². The largest absolute Gasteiger partial charge is 0.496 e. The summed E-state index contributed by atoms with van der Waals surface area (Å²) in [4.78, 5) is 4.07. The van der Waals surface area contributed by atoms with E-state index in [-0.39, 0.29) is 12.1 Å². The van der Waals surface area contributed by atoms with Crippen LogP contribution in [0.3, 0.4) is 0 Å². The van der Waals surface area contributed by atoms with Crippen LogP contribution < -0.4 is 10.5 Å². The first-order valence-electron chi connectivity index (χ1n) is 5.60. The van der Waals surface area contributed by atoms with E-state index in [0.717, 1.165) is 11.3 Å². The average Bonchev–Trinajstić information content (AvgIpc) is 2.83. The van der Waals surface area contributed by atoms with Crippen LogP contribution in [-0.2, 0) is 0 Å². The van der Waals surface area contributed by atoms with Crippen LogP contribution in [0.2, 0.25) is 0 Å². The van der Waals surface area contributed by atoms with Crippen LogP contribution in [0, 0.1) is 0 Å². The molecule has 0 saturated carbocycles. The standard InChI is InChI=1S/C13H17N3O/c1-10(14)13(16-8-7-15-9-16)11-5-3-4-6-12(11)17-2/h3-10,13H,14H2,1-2H3. The molecular weight excluding hydrogens is 214 g/mol. The number of imidazole rings is 1. The molecule has 2 unspecified atom stereocenters. The summed E-state index contributed by atoms with van der Waals surface area (Å²) in [6.07, 6.45) is 5.45.